The molecule has 1 aliphatic rings. The van der Waals surface area contributed by atoms with E-state index < -0.39 is 0 Å². The number of ether oxygens (including phenoxy) is 1. The first-order chi connectivity index (χ1) is 5.86. The highest BCUT2D eigenvalue weighted by atomic mass is 16.5. The summed E-state index contributed by atoms with van der Waals surface area (Å²) in [5.74, 6) is 0.198. The summed E-state index contributed by atoms with van der Waals surface area (Å²) in [5.41, 5.74) is 0. The maximum atomic E-state index is 9.04. The van der Waals surface area contributed by atoms with Crippen molar-refractivity contribution >= 4 is 0 Å². The van der Waals surface area contributed by atoms with Crippen LogP contribution in [0.3, 0.4) is 0 Å². The Bertz CT molecular complexity index is 253. The van der Waals surface area contributed by atoms with Crippen LogP contribution in [-0.2, 0) is 4.74 Å². The van der Waals surface area contributed by atoms with Crippen molar-refractivity contribution in [3.8, 4) is 5.75 Å². The molecular formula is C8H12N2O2. The highest BCUT2D eigenvalue weighted by molar-refractivity contribution is 5.08. The Morgan fingerprint density at radius 2 is 2.50 bits per heavy atom. The van der Waals surface area contributed by atoms with Gasteiger partial charge in [-0.1, -0.05) is 0 Å². The molecule has 1 atom stereocenters. The molecule has 1 aromatic heterocycles. The fourth-order valence-electron chi connectivity index (χ4n) is 1.42. The quantitative estimate of drug-likeness (QED) is 0.687. The summed E-state index contributed by atoms with van der Waals surface area (Å²) in [7, 11) is 0. The van der Waals surface area contributed by atoms with E-state index in [4.69, 9.17) is 9.84 Å². The van der Waals surface area contributed by atoms with E-state index in [1.165, 1.54) is 12.6 Å². The van der Waals surface area contributed by atoms with Crippen LogP contribution in [0.15, 0.2) is 12.4 Å². The highest BCUT2D eigenvalue weighted by Crippen LogP contribution is 2.22. The van der Waals surface area contributed by atoms with Crippen LogP contribution >= 0.6 is 0 Å². The Hall–Kier alpha value is -1.03. The molecule has 4 nitrogen and oxygen atoms in total. The minimum absolute atomic E-state index is 0.0275. The molecule has 2 heterocycles. The Morgan fingerprint density at radius 1 is 1.58 bits per heavy atom. The van der Waals surface area contributed by atoms with Gasteiger partial charge >= 0.3 is 0 Å². The summed E-state index contributed by atoms with van der Waals surface area (Å²) in [6, 6.07) is 0. The van der Waals surface area contributed by atoms with Crippen molar-refractivity contribution in [2.75, 3.05) is 6.61 Å². The van der Waals surface area contributed by atoms with Gasteiger partial charge in [0.1, 0.15) is 6.23 Å². The number of nitrogens with zero attached hydrogens (tertiary/aromatic N) is 2. The fraction of sp³-hybridized carbons (Fsp3) is 0.625. The van der Waals surface area contributed by atoms with E-state index >= 15 is 0 Å². The Balaban J connectivity index is 2.08. The van der Waals surface area contributed by atoms with Crippen LogP contribution in [0.5, 0.6) is 5.75 Å². The van der Waals surface area contributed by atoms with E-state index in [0.29, 0.717) is 0 Å². The first-order valence-electron chi connectivity index (χ1n) is 4.21. The molecule has 2 rings (SSSR count). The van der Waals surface area contributed by atoms with Gasteiger partial charge in [-0.15, -0.1) is 0 Å². The van der Waals surface area contributed by atoms with E-state index in [9.17, 15) is 0 Å². The number of aromatic hydroxyl groups is 1. The summed E-state index contributed by atoms with van der Waals surface area (Å²) < 4.78 is 7.14. The van der Waals surface area contributed by atoms with Gasteiger partial charge in [0.25, 0.3) is 0 Å². The lowest BCUT2D eigenvalue weighted by atomic mass is 10.2. The monoisotopic (exact) mass is 168 g/mol. The van der Waals surface area contributed by atoms with Crippen LogP contribution < -0.4 is 0 Å². The van der Waals surface area contributed by atoms with Gasteiger partial charge in [-0.2, -0.15) is 5.10 Å². The van der Waals surface area contributed by atoms with E-state index in [2.05, 4.69) is 5.10 Å². The maximum absolute atomic E-state index is 9.04. The minimum atomic E-state index is 0.0275. The SMILES string of the molecule is Oc1cnn([C@@H]2CCCCO2)c1. The van der Waals surface area contributed by atoms with Gasteiger partial charge in [0, 0.05) is 6.61 Å². The summed E-state index contributed by atoms with van der Waals surface area (Å²) in [5, 5.41) is 13.0. The number of hydrogen-bond acceptors (Lipinski definition) is 3. The van der Waals surface area contributed by atoms with E-state index in [1.807, 2.05) is 0 Å². The normalized spacial score (nSPS) is 24.2. The lowest BCUT2D eigenvalue weighted by molar-refractivity contribution is -0.0395. The van der Waals surface area contributed by atoms with Crippen molar-refractivity contribution in [2.45, 2.75) is 25.5 Å². The molecule has 1 N–H and O–H groups in total. The molecule has 4 heteroatoms. The average Bonchev–Trinajstić information content (AvgIpc) is 2.54. The second-order valence-electron chi connectivity index (χ2n) is 3.00. The van der Waals surface area contributed by atoms with Crippen LogP contribution in [0.25, 0.3) is 0 Å². The van der Waals surface area contributed by atoms with Crippen LogP contribution in [0.2, 0.25) is 0 Å². The van der Waals surface area contributed by atoms with Gasteiger partial charge in [-0.3, -0.25) is 0 Å². The Kier molecular flexibility index (Phi) is 1.99. The molecule has 1 aromatic rings. The highest BCUT2D eigenvalue weighted by Gasteiger charge is 2.15. The second kappa shape index (κ2) is 3.15. The first-order valence-corrected chi connectivity index (χ1v) is 4.21. The summed E-state index contributed by atoms with van der Waals surface area (Å²) >= 11 is 0. The van der Waals surface area contributed by atoms with Crippen LogP contribution in [0, 0.1) is 0 Å². The maximum Gasteiger partial charge on any atom is 0.153 e. The molecule has 1 saturated heterocycles. The lowest BCUT2D eigenvalue weighted by Crippen LogP contribution is -2.18. The topological polar surface area (TPSA) is 47.3 Å². The van der Waals surface area contributed by atoms with Crippen molar-refractivity contribution in [3.05, 3.63) is 12.4 Å². The molecular weight excluding hydrogens is 156 g/mol. The molecule has 0 aromatic carbocycles. The van der Waals surface area contributed by atoms with Crippen molar-refractivity contribution in [2.24, 2.45) is 0 Å². The fourth-order valence-corrected chi connectivity index (χ4v) is 1.42. The molecule has 0 amide bonds. The first kappa shape index (κ1) is 7.61. The molecule has 1 aliphatic heterocycles. The molecule has 0 saturated carbocycles. The zero-order valence-electron chi connectivity index (χ0n) is 6.81. The average molecular weight is 168 g/mol. The van der Waals surface area contributed by atoms with Gasteiger partial charge in [-0.25, -0.2) is 4.68 Å². The van der Waals surface area contributed by atoms with Gasteiger partial charge in [0.05, 0.1) is 12.4 Å². The predicted octanol–water partition coefficient (Wildman–Crippen LogP) is 1.29. The zero-order valence-corrected chi connectivity index (χ0v) is 6.81. The zero-order chi connectivity index (χ0) is 8.39. The minimum Gasteiger partial charge on any atom is -0.505 e. The third-order valence-corrected chi connectivity index (χ3v) is 2.04. The molecule has 0 radical (unpaired) electrons. The van der Waals surface area contributed by atoms with Crippen molar-refractivity contribution < 1.29 is 9.84 Å². The van der Waals surface area contributed by atoms with Crippen molar-refractivity contribution in [1.82, 2.24) is 9.78 Å². The van der Waals surface area contributed by atoms with Crippen molar-refractivity contribution in [1.29, 1.82) is 0 Å². The summed E-state index contributed by atoms with van der Waals surface area (Å²) in [6.07, 6.45) is 6.34. The van der Waals surface area contributed by atoms with Gasteiger partial charge < -0.3 is 9.84 Å². The molecule has 0 unspecified atom stereocenters. The number of rotatable bonds is 1. The third kappa shape index (κ3) is 1.43. The van der Waals surface area contributed by atoms with Crippen LogP contribution in [0.4, 0.5) is 0 Å². The Labute approximate surface area is 70.8 Å². The largest absolute Gasteiger partial charge is 0.505 e. The van der Waals surface area contributed by atoms with Crippen molar-refractivity contribution in [3.63, 3.8) is 0 Å². The predicted molar refractivity (Wildman–Crippen MR) is 42.7 cm³/mol. The lowest BCUT2D eigenvalue weighted by Gasteiger charge is -2.22. The van der Waals surface area contributed by atoms with Crippen LogP contribution in [-0.4, -0.2) is 21.5 Å². The standard InChI is InChI=1S/C8H12N2O2/c11-7-5-9-10(6-7)8-3-1-2-4-12-8/h5-6,8,11H,1-4H2/t8-/m0/s1. The van der Waals surface area contributed by atoms with E-state index in [0.717, 1.165) is 19.4 Å². The Morgan fingerprint density at radius 3 is 3.08 bits per heavy atom. The molecule has 0 bridgehead atoms. The summed E-state index contributed by atoms with van der Waals surface area (Å²) in [6.45, 7) is 0.797. The molecule has 66 valence electrons. The number of aromatic nitrogens is 2. The van der Waals surface area contributed by atoms with Gasteiger partial charge in [0.2, 0.25) is 0 Å². The molecule has 1 fully saturated rings. The second-order valence-corrected chi connectivity index (χ2v) is 3.00. The van der Waals surface area contributed by atoms with Gasteiger partial charge in [-0.05, 0) is 19.3 Å². The van der Waals surface area contributed by atoms with E-state index in [-0.39, 0.29) is 12.0 Å². The number of hydrogen-bond donors (Lipinski definition) is 1. The smallest absolute Gasteiger partial charge is 0.153 e. The van der Waals surface area contributed by atoms with Gasteiger partial charge in [0.15, 0.2) is 5.75 Å². The summed E-state index contributed by atoms with van der Waals surface area (Å²) in [4.78, 5) is 0. The molecule has 0 spiro atoms. The molecule has 12 heavy (non-hydrogen) atoms. The molecule has 0 aliphatic carbocycles. The van der Waals surface area contributed by atoms with E-state index in [1.54, 1.807) is 10.9 Å². The van der Waals surface area contributed by atoms with Crippen LogP contribution in [0.1, 0.15) is 25.5 Å². The third-order valence-electron chi connectivity index (χ3n) is 2.04.